The van der Waals surface area contributed by atoms with Crippen LogP contribution in [0.1, 0.15) is 22.3 Å². The monoisotopic (exact) mass is 491 g/mol. The highest BCUT2D eigenvalue weighted by molar-refractivity contribution is 7.91. The molecule has 1 aliphatic heterocycles. The van der Waals surface area contributed by atoms with E-state index in [2.05, 4.69) is 0 Å². The maximum atomic E-state index is 13.3. The van der Waals surface area contributed by atoms with Gasteiger partial charge in [-0.05, 0) is 53.9 Å². The van der Waals surface area contributed by atoms with Crippen LogP contribution in [0.25, 0.3) is 11.1 Å². The van der Waals surface area contributed by atoms with Gasteiger partial charge in [0.25, 0.3) is 5.91 Å². The molecule has 1 aliphatic rings. The molecule has 1 unspecified atom stereocenters. The van der Waals surface area contributed by atoms with Crippen molar-refractivity contribution in [3.05, 3.63) is 93.7 Å². The van der Waals surface area contributed by atoms with Gasteiger partial charge < -0.3 is 4.90 Å². The number of carbonyl (C=O) groups is 1. The molecule has 0 bridgehead atoms. The Bertz CT molecular complexity index is 1250. The quantitative estimate of drug-likeness (QED) is 0.464. The van der Waals surface area contributed by atoms with E-state index in [1.165, 1.54) is 24.3 Å². The molecule has 1 heterocycles. The fourth-order valence-electron chi connectivity index (χ4n) is 3.86. The first kappa shape index (κ1) is 22.8. The maximum absolute atomic E-state index is 13.3. The Morgan fingerprint density at radius 2 is 1.69 bits per heavy atom. The van der Waals surface area contributed by atoms with Gasteiger partial charge in [0.15, 0.2) is 9.84 Å². The molecule has 0 spiro atoms. The smallest absolute Gasteiger partial charge is 0.254 e. The number of nitrogens with zero attached hydrogens (tertiary/aromatic N) is 1. The molecule has 0 N–H and O–H groups in total. The van der Waals surface area contributed by atoms with E-state index in [4.69, 9.17) is 23.2 Å². The van der Waals surface area contributed by atoms with Gasteiger partial charge in [0.1, 0.15) is 5.82 Å². The number of rotatable bonds is 5. The SMILES string of the molecule is O=C(c1ccc(F)cc1)N(Cc1ccc(-c2ccc(Cl)cc2Cl)cc1)C1CCS(=O)(=O)C1. The van der Waals surface area contributed by atoms with Crippen LogP contribution in [0.4, 0.5) is 4.39 Å². The molecule has 4 nitrogen and oxygen atoms in total. The summed E-state index contributed by atoms with van der Waals surface area (Å²) in [6.45, 7) is 0.241. The molecule has 8 heteroatoms. The summed E-state index contributed by atoms with van der Waals surface area (Å²) in [6.07, 6.45) is 0.383. The Labute approximate surface area is 196 Å². The summed E-state index contributed by atoms with van der Waals surface area (Å²) in [5.74, 6) is -0.776. The van der Waals surface area contributed by atoms with Crippen molar-refractivity contribution in [3.63, 3.8) is 0 Å². The number of benzene rings is 3. The van der Waals surface area contributed by atoms with E-state index in [0.29, 0.717) is 22.0 Å². The molecule has 0 radical (unpaired) electrons. The first-order chi connectivity index (χ1) is 15.2. The Morgan fingerprint density at radius 3 is 2.28 bits per heavy atom. The van der Waals surface area contributed by atoms with Crippen LogP contribution in [-0.4, -0.2) is 36.8 Å². The second-order valence-electron chi connectivity index (χ2n) is 7.82. The molecular weight excluding hydrogens is 472 g/mol. The molecule has 1 atom stereocenters. The lowest BCUT2D eigenvalue weighted by Crippen LogP contribution is -2.40. The van der Waals surface area contributed by atoms with E-state index in [1.54, 1.807) is 17.0 Å². The summed E-state index contributed by atoms with van der Waals surface area (Å²) in [5.41, 5.74) is 2.90. The van der Waals surface area contributed by atoms with Crippen molar-refractivity contribution in [2.75, 3.05) is 11.5 Å². The molecule has 32 heavy (non-hydrogen) atoms. The van der Waals surface area contributed by atoms with E-state index in [1.807, 2.05) is 30.3 Å². The molecule has 0 aromatic heterocycles. The second-order valence-corrected chi connectivity index (χ2v) is 10.9. The number of halogens is 3. The minimum atomic E-state index is -3.19. The second kappa shape index (κ2) is 9.22. The zero-order valence-corrected chi connectivity index (χ0v) is 19.3. The van der Waals surface area contributed by atoms with Gasteiger partial charge in [0, 0.05) is 33.8 Å². The minimum absolute atomic E-state index is 0.0544. The Morgan fingerprint density at radius 1 is 1.00 bits per heavy atom. The summed E-state index contributed by atoms with van der Waals surface area (Å²) in [4.78, 5) is 14.8. The molecule has 4 rings (SSSR count). The molecule has 1 fully saturated rings. The Balaban J connectivity index is 1.60. The maximum Gasteiger partial charge on any atom is 0.254 e. The molecular formula is C24H20Cl2FNO3S. The summed E-state index contributed by atoms with van der Waals surface area (Å²) in [5, 5.41) is 1.09. The van der Waals surface area contributed by atoms with Crippen molar-refractivity contribution in [2.45, 2.75) is 19.0 Å². The fourth-order valence-corrected chi connectivity index (χ4v) is 6.10. The van der Waals surface area contributed by atoms with Gasteiger partial charge in [-0.1, -0.05) is 53.5 Å². The van der Waals surface area contributed by atoms with E-state index in [-0.39, 0.29) is 24.0 Å². The third-order valence-corrected chi connectivity index (χ3v) is 7.85. The van der Waals surface area contributed by atoms with Gasteiger partial charge in [0.2, 0.25) is 0 Å². The number of sulfone groups is 1. The van der Waals surface area contributed by atoms with E-state index in [9.17, 15) is 17.6 Å². The number of amides is 1. The normalized spacial score (nSPS) is 17.3. The predicted octanol–water partition coefficient (Wildman–Crippen LogP) is 5.63. The van der Waals surface area contributed by atoms with Gasteiger partial charge in [-0.3, -0.25) is 4.79 Å². The van der Waals surface area contributed by atoms with Crippen molar-refractivity contribution < 1.29 is 17.6 Å². The van der Waals surface area contributed by atoms with Crippen molar-refractivity contribution in [1.82, 2.24) is 4.90 Å². The lowest BCUT2D eigenvalue weighted by atomic mass is 10.0. The molecule has 166 valence electrons. The molecule has 3 aromatic carbocycles. The lowest BCUT2D eigenvalue weighted by Gasteiger charge is -2.28. The summed E-state index contributed by atoms with van der Waals surface area (Å²) in [6, 6.07) is 17.7. The average molecular weight is 492 g/mol. The Hall–Kier alpha value is -2.41. The zero-order chi connectivity index (χ0) is 22.9. The summed E-state index contributed by atoms with van der Waals surface area (Å²) >= 11 is 12.3. The van der Waals surface area contributed by atoms with Crippen LogP contribution >= 0.6 is 23.2 Å². The highest BCUT2D eigenvalue weighted by atomic mass is 35.5. The van der Waals surface area contributed by atoms with Crippen molar-refractivity contribution >= 4 is 38.9 Å². The zero-order valence-electron chi connectivity index (χ0n) is 17.0. The van der Waals surface area contributed by atoms with Gasteiger partial charge in [-0.15, -0.1) is 0 Å². The van der Waals surface area contributed by atoms with E-state index in [0.717, 1.165) is 16.7 Å². The van der Waals surface area contributed by atoms with Crippen LogP contribution in [0.15, 0.2) is 66.7 Å². The highest BCUT2D eigenvalue weighted by Gasteiger charge is 2.35. The number of hydrogen-bond acceptors (Lipinski definition) is 3. The first-order valence-corrected chi connectivity index (χ1v) is 12.6. The van der Waals surface area contributed by atoms with Gasteiger partial charge in [0.05, 0.1) is 11.5 Å². The average Bonchev–Trinajstić information content (AvgIpc) is 3.12. The van der Waals surface area contributed by atoms with Gasteiger partial charge in [-0.25, -0.2) is 12.8 Å². The van der Waals surface area contributed by atoms with Crippen LogP contribution in [0.5, 0.6) is 0 Å². The number of hydrogen-bond donors (Lipinski definition) is 0. The van der Waals surface area contributed by atoms with Crippen LogP contribution in [0.2, 0.25) is 10.0 Å². The third kappa shape index (κ3) is 5.14. The van der Waals surface area contributed by atoms with Crippen LogP contribution < -0.4 is 0 Å². The highest BCUT2D eigenvalue weighted by Crippen LogP contribution is 2.31. The molecule has 1 amide bonds. The summed E-state index contributed by atoms with van der Waals surface area (Å²) < 4.78 is 37.4. The summed E-state index contributed by atoms with van der Waals surface area (Å²) in [7, 11) is -3.19. The first-order valence-electron chi connectivity index (χ1n) is 10.0. The van der Waals surface area contributed by atoms with Gasteiger partial charge in [-0.2, -0.15) is 0 Å². The van der Waals surface area contributed by atoms with Crippen LogP contribution in [0, 0.1) is 5.82 Å². The largest absolute Gasteiger partial charge is 0.330 e. The standard InChI is InChI=1S/C24H20Cl2FNO3S/c25-19-7-10-22(23(26)13-19)17-3-1-16(2-4-17)14-28(21-11-12-32(30,31)15-21)24(29)18-5-8-20(27)9-6-18/h1-10,13,21H,11-12,14-15H2. The molecule has 0 aliphatic carbocycles. The molecule has 0 saturated carbocycles. The van der Waals surface area contributed by atoms with Crippen LogP contribution in [0.3, 0.4) is 0 Å². The van der Waals surface area contributed by atoms with Crippen molar-refractivity contribution in [3.8, 4) is 11.1 Å². The minimum Gasteiger partial charge on any atom is -0.330 e. The van der Waals surface area contributed by atoms with Gasteiger partial charge >= 0.3 is 0 Å². The topological polar surface area (TPSA) is 54.5 Å². The fraction of sp³-hybridized carbons (Fsp3) is 0.208. The van der Waals surface area contributed by atoms with Crippen LogP contribution in [-0.2, 0) is 16.4 Å². The van der Waals surface area contributed by atoms with Crippen molar-refractivity contribution in [2.24, 2.45) is 0 Å². The Kier molecular flexibility index (Phi) is 6.56. The van der Waals surface area contributed by atoms with E-state index >= 15 is 0 Å². The predicted molar refractivity (Wildman–Crippen MR) is 125 cm³/mol. The molecule has 1 saturated heterocycles. The lowest BCUT2D eigenvalue weighted by molar-refractivity contribution is 0.0681. The molecule has 3 aromatic rings. The van der Waals surface area contributed by atoms with E-state index < -0.39 is 21.7 Å². The number of carbonyl (C=O) groups excluding carboxylic acids is 1. The third-order valence-electron chi connectivity index (χ3n) is 5.55. The van der Waals surface area contributed by atoms with Crippen molar-refractivity contribution in [1.29, 1.82) is 0 Å².